The van der Waals surface area contributed by atoms with Crippen molar-refractivity contribution in [2.75, 3.05) is 24.7 Å². The number of hydrogen-bond donors (Lipinski definition) is 1. The molecule has 4 unspecified atom stereocenters. The monoisotopic (exact) mass is 283 g/mol. The average Bonchev–Trinajstić information content (AvgIpc) is 3.18. The van der Waals surface area contributed by atoms with E-state index in [0.29, 0.717) is 0 Å². The maximum atomic E-state index is 6.19. The van der Waals surface area contributed by atoms with Crippen LogP contribution in [0.4, 0.5) is 0 Å². The van der Waals surface area contributed by atoms with Gasteiger partial charge < -0.3 is 10.1 Å². The van der Waals surface area contributed by atoms with Gasteiger partial charge in [0.25, 0.3) is 0 Å². The second-order valence-electron chi connectivity index (χ2n) is 6.87. The lowest BCUT2D eigenvalue weighted by molar-refractivity contribution is -0.0884. The summed E-state index contributed by atoms with van der Waals surface area (Å²) in [7, 11) is 0. The first-order chi connectivity index (χ1) is 9.24. The van der Waals surface area contributed by atoms with Crippen LogP contribution in [0.5, 0.6) is 0 Å². The third-order valence-corrected chi connectivity index (χ3v) is 6.70. The third-order valence-electron chi connectivity index (χ3n) is 5.48. The van der Waals surface area contributed by atoms with Gasteiger partial charge >= 0.3 is 0 Å². The topological polar surface area (TPSA) is 21.3 Å². The smallest absolute Gasteiger partial charge is 0.0783 e. The maximum absolute atomic E-state index is 6.19. The molecule has 1 saturated carbocycles. The summed E-state index contributed by atoms with van der Waals surface area (Å²) in [6.45, 7) is 6.84. The molecule has 0 bridgehead atoms. The first-order valence-corrected chi connectivity index (χ1v) is 9.35. The van der Waals surface area contributed by atoms with Crippen molar-refractivity contribution in [3.8, 4) is 0 Å². The molecular formula is C16H29NOS. The fourth-order valence-corrected chi connectivity index (χ4v) is 5.55. The zero-order chi connectivity index (χ0) is 13.3. The van der Waals surface area contributed by atoms with Crippen molar-refractivity contribution in [1.29, 1.82) is 0 Å². The van der Waals surface area contributed by atoms with Gasteiger partial charge in [-0.15, -0.1) is 0 Å². The lowest BCUT2D eigenvalue weighted by Crippen LogP contribution is -2.49. The standard InChI is InChI=1S/C16H29NOS/c1-3-17-15(12(2)13-4-5-13)14-6-8-18-16(10-14)7-9-19-11-16/h12-15,17H,3-11H2,1-2H3. The van der Waals surface area contributed by atoms with E-state index in [1.165, 1.54) is 43.6 Å². The molecule has 0 aromatic rings. The quantitative estimate of drug-likeness (QED) is 0.836. The normalized spacial score (nSPS) is 38.5. The molecule has 2 saturated heterocycles. The molecule has 3 fully saturated rings. The highest BCUT2D eigenvalue weighted by molar-refractivity contribution is 7.99. The van der Waals surface area contributed by atoms with Crippen molar-refractivity contribution in [3.05, 3.63) is 0 Å². The molecule has 0 radical (unpaired) electrons. The van der Waals surface area contributed by atoms with Gasteiger partial charge in [-0.2, -0.15) is 11.8 Å². The molecular weight excluding hydrogens is 254 g/mol. The van der Waals surface area contributed by atoms with E-state index in [0.717, 1.165) is 36.9 Å². The summed E-state index contributed by atoms with van der Waals surface area (Å²) in [6, 6.07) is 0.726. The number of rotatable bonds is 5. The molecule has 2 heterocycles. The minimum absolute atomic E-state index is 0.241. The fourth-order valence-electron chi connectivity index (χ4n) is 4.17. The zero-order valence-electron chi connectivity index (χ0n) is 12.5. The molecule has 4 atom stereocenters. The van der Waals surface area contributed by atoms with Gasteiger partial charge in [-0.25, -0.2) is 0 Å². The Bertz CT molecular complexity index is 299. The van der Waals surface area contributed by atoms with Crippen LogP contribution in [0.3, 0.4) is 0 Å². The number of ether oxygens (including phenoxy) is 1. The van der Waals surface area contributed by atoms with Crippen molar-refractivity contribution < 1.29 is 4.74 Å². The van der Waals surface area contributed by atoms with E-state index in [4.69, 9.17) is 4.74 Å². The van der Waals surface area contributed by atoms with Crippen LogP contribution < -0.4 is 5.32 Å². The third kappa shape index (κ3) is 3.14. The summed E-state index contributed by atoms with van der Waals surface area (Å²) in [4.78, 5) is 0. The summed E-state index contributed by atoms with van der Waals surface area (Å²) in [5.41, 5.74) is 0.241. The second kappa shape index (κ2) is 5.95. The van der Waals surface area contributed by atoms with E-state index in [-0.39, 0.29) is 5.60 Å². The van der Waals surface area contributed by atoms with Gasteiger partial charge in [0.2, 0.25) is 0 Å². The van der Waals surface area contributed by atoms with E-state index < -0.39 is 0 Å². The molecule has 1 N–H and O–H groups in total. The lowest BCUT2D eigenvalue weighted by Gasteiger charge is -2.43. The molecule has 19 heavy (non-hydrogen) atoms. The molecule has 0 amide bonds. The Hall–Kier alpha value is 0.270. The summed E-state index contributed by atoms with van der Waals surface area (Å²) in [6.07, 6.45) is 6.78. The highest BCUT2D eigenvalue weighted by Crippen LogP contribution is 2.45. The summed E-state index contributed by atoms with van der Waals surface area (Å²) in [5.74, 6) is 5.23. The minimum atomic E-state index is 0.241. The summed E-state index contributed by atoms with van der Waals surface area (Å²) >= 11 is 2.09. The molecule has 2 aliphatic heterocycles. The van der Waals surface area contributed by atoms with Gasteiger partial charge in [0.1, 0.15) is 0 Å². The maximum Gasteiger partial charge on any atom is 0.0783 e. The van der Waals surface area contributed by atoms with Crippen LogP contribution in [-0.2, 0) is 4.74 Å². The van der Waals surface area contributed by atoms with Gasteiger partial charge in [-0.1, -0.05) is 13.8 Å². The first kappa shape index (κ1) is 14.2. The predicted molar refractivity (Wildman–Crippen MR) is 82.7 cm³/mol. The first-order valence-electron chi connectivity index (χ1n) is 8.19. The van der Waals surface area contributed by atoms with Crippen LogP contribution >= 0.6 is 11.8 Å². The molecule has 3 rings (SSSR count). The van der Waals surface area contributed by atoms with Crippen molar-refractivity contribution in [2.45, 2.75) is 57.6 Å². The highest BCUT2D eigenvalue weighted by atomic mass is 32.2. The predicted octanol–water partition coefficient (Wildman–Crippen LogP) is 3.31. The second-order valence-corrected chi connectivity index (χ2v) is 7.97. The lowest BCUT2D eigenvalue weighted by atomic mass is 9.76. The number of thioether (sulfide) groups is 1. The molecule has 3 heteroatoms. The Morgan fingerprint density at radius 3 is 2.79 bits per heavy atom. The van der Waals surface area contributed by atoms with Crippen LogP contribution in [0.1, 0.15) is 46.0 Å². The van der Waals surface area contributed by atoms with E-state index >= 15 is 0 Å². The van der Waals surface area contributed by atoms with Gasteiger partial charge in [0.05, 0.1) is 5.60 Å². The Morgan fingerprint density at radius 2 is 2.16 bits per heavy atom. The molecule has 1 aliphatic carbocycles. The van der Waals surface area contributed by atoms with Gasteiger partial charge in [0, 0.05) is 18.4 Å². The SMILES string of the molecule is CCNC(C1CCOC2(CCSC2)C1)C(C)C1CC1. The molecule has 3 aliphatic rings. The average molecular weight is 283 g/mol. The van der Waals surface area contributed by atoms with Crippen molar-refractivity contribution in [1.82, 2.24) is 5.32 Å². The highest BCUT2D eigenvalue weighted by Gasteiger charge is 2.45. The molecule has 0 aromatic carbocycles. The molecule has 2 nitrogen and oxygen atoms in total. The van der Waals surface area contributed by atoms with Gasteiger partial charge in [-0.3, -0.25) is 0 Å². The van der Waals surface area contributed by atoms with Crippen LogP contribution in [0.15, 0.2) is 0 Å². The number of nitrogens with one attached hydrogen (secondary N) is 1. The zero-order valence-corrected chi connectivity index (χ0v) is 13.3. The van der Waals surface area contributed by atoms with Crippen molar-refractivity contribution in [3.63, 3.8) is 0 Å². The number of hydrogen-bond acceptors (Lipinski definition) is 3. The van der Waals surface area contributed by atoms with Crippen LogP contribution in [0.2, 0.25) is 0 Å². The van der Waals surface area contributed by atoms with E-state index in [2.05, 4.69) is 30.9 Å². The Kier molecular flexibility index (Phi) is 4.45. The van der Waals surface area contributed by atoms with Crippen LogP contribution in [0, 0.1) is 17.8 Å². The van der Waals surface area contributed by atoms with Crippen LogP contribution in [-0.4, -0.2) is 36.3 Å². The van der Waals surface area contributed by atoms with Gasteiger partial charge in [0.15, 0.2) is 0 Å². The molecule has 110 valence electrons. The fraction of sp³-hybridized carbons (Fsp3) is 1.00. The molecule has 0 aromatic heterocycles. The summed E-state index contributed by atoms with van der Waals surface area (Å²) in [5, 5.41) is 3.82. The van der Waals surface area contributed by atoms with Crippen molar-refractivity contribution >= 4 is 11.8 Å². The summed E-state index contributed by atoms with van der Waals surface area (Å²) < 4.78 is 6.19. The van der Waals surface area contributed by atoms with E-state index in [1.807, 2.05) is 0 Å². The van der Waals surface area contributed by atoms with Crippen LogP contribution in [0.25, 0.3) is 0 Å². The molecule has 1 spiro atoms. The van der Waals surface area contributed by atoms with Gasteiger partial charge in [-0.05, 0) is 62.2 Å². The Morgan fingerprint density at radius 1 is 1.32 bits per heavy atom. The van der Waals surface area contributed by atoms with E-state index in [9.17, 15) is 0 Å². The van der Waals surface area contributed by atoms with Crippen molar-refractivity contribution in [2.24, 2.45) is 17.8 Å². The van der Waals surface area contributed by atoms with E-state index in [1.54, 1.807) is 0 Å². The Balaban J connectivity index is 1.66. The minimum Gasteiger partial charge on any atom is -0.374 e. The largest absolute Gasteiger partial charge is 0.374 e. The Labute approximate surface area is 122 Å².